The number of methoxy groups -OCH3 is 2. The summed E-state index contributed by atoms with van der Waals surface area (Å²) in [6.45, 7) is 4.04. The Balaban J connectivity index is 2.45. The van der Waals surface area contributed by atoms with E-state index < -0.39 is 17.3 Å². The third-order valence-corrected chi connectivity index (χ3v) is 5.14. The van der Waals surface area contributed by atoms with Crippen molar-refractivity contribution < 1.29 is 24.2 Å². The Kier molecular flexibility index (Phi) is 8.18. The molecule has 1 amide bonds. The number of aromatic nitrogens is 2. The van der Waals surface area contributed by atoms with Gasteiger partial charge in [0.15, 0.2) is 5.16 Å². The lowest BCUT2D eigenvalue weighted by Gasteiger charge is -2.17. The van der Waals surface area contributed by atoms with Gasteiger partial charge >= 0.3 is 5.97 Å². The summed E-state index contributed by atoms with van der Waals surface area (Å²) in [5.41, 5.74) is 0.220. The van der Waals surface area contributed by atoms with Crippen molar-refractivity contribution in [1.29, 1.82) is 0 Å². The first kappa shape index (κ1) is 22.9. The van der Waals surface area contributed by atoms with Crippen molar-refractivity contribution in [3.05, 3.63) is 34.1 Å². The van der Waals surface area contributed by atoms with Crippen LogP contribution in [0.25, 0.3) is 10.9 Å². The van der Waals surface area contributed by atoms with Gasteiger partial charge in [-0.25, -0.2) is 9.78 Å². The summed E-state index contributed by atoms with van der Waals surface area (Å²) in [6, 6.07) is 4.47. The largest absolute Gasteiger partial charge is 0.465 e. The lowest BCUT2D eigenvalue weighted by atomic mass is 10.1. The lowest BCUT2D eigenvalue weighted by Crippen LogP contribution is -2.34. The van der Waals surface area contributed by atoms with Gasteiger partial charge in [-0.1, -0.05) is 11.8 Å². The Morgan fingerprint density at radius 1 is 1.31 bits per heavy atom. The van der Waals surface area contributed by atoms with Gasteiger partial charge in [-0.2, -0.15) is 0 Å². The number of hydrogen-bond donors (Lipinski definition) is 2. The first-order chi connectivity index (χ1) is 13.8. The summed E-state index contributed by atoms with van der Waals surface area (Å²) in [7, 11) is 2.81. The van der Waals surface area contributed by atoms with Crippen LogP contribution < -0.4 is 10.9 Å². The van der Waals surface area contributed by atoms with E-state index in [9.17, 15) is 19.5 Å². The van der Waals surface area contributed by atoms with Crippen LogP contribution in [0.2, 0.25) is 0 Å². The Labute approximate surface area is 172 Å². The fraction of sp³-hybridized carbons (Fsp3) is 0.474. The normalized spacial score (nSPS) is 13.1. The minimum atomic E-state index is -0.786. The number of nitrogens with zero attached hydrogens (tertiary/aromatic N) is 2. The molecule has 0 bridgehead atoms. The second-order valence-electron chi connectivity index (χ2n) is 6.43. The monoisotopic (exact) mass is 423 g/mol. The standard InChI is InChI=1S/C19H25N3O6S/c1-11(23)10-22-17(25)14-6-5-13(18(26)28-4)9-15(14)21-19(22)29-12(2)16(24)20-7-8-27-3/h5-6,9,11-12,23H,7-8,10H2,1-4H3,(H,20,24)/t11-,12-/m0/s1. The van der Waals surface area contributed by atoms with E-state index in [1.807, 2.05) is 0 Å². The molecule has 0 aliphatic rings. The minimum absolute atomic E-state index is 0.0286. The molecule has 0 aliphatic carbocycles. The van der Waals surface area contributed by atoms with Crippen LogP contribution in [0.4, 0.5) is 0 Å². The maximum absolute atomic E-state index is 13.0. The van der Waals surface area contributed by atoms with Crippen LogP contribution in [-0.2, 0) is 20.8 Å². The second-order valence-corrected chi connectivity index (χ2v) is 7.73. The maximum Gasteiger partial charge on any atom is 0.337 e. The number of thioether (sulfide) groups is 1. The molecule has 0 saturated heterocycles. The Morgan fingerprint density at radius 2 is 2.03 bits per heavy atom. The van der Waals surface area contributed by atoms with E-state index in [0.29, 0.717) is 24.1 Å². The highest BCUT2D eigenvalue weighted by molar-refractivity contribution is 8.00. The summed E-state index contributed by atoms with van der Waals surface area (Å²) in [6.07, 6.45) is -0.786. The molecule has 1 heterocycles. The van der Waals surface area contributed by atoms with Crippen LogP contribution in [0.5, 0.6) is 0 Å². The van der Waals surface area contributed by atoms with Gasteiger partial charge in [-0.3, -0.25) is 14.2 Å². The fourth-order valence-corrected chi connectivity index (χ4v) is 3.53. The molecule has 0 saturated carbocycles. The lowest BCUT2D eigenvalue weighted by molar-refractivity contribution is -0.120. The molecule has 0 radical (unpaired) electrons. The number of hydrogen-bond acceptors (Lipinski definition) is 8. The van der Waals surface area contributed by atoms with Gasteiger partial charge in [0.1, 0.15) is 0 Å². The molecular formula is C19H25N3O6S. The zero-order chi connectivity index (χ0) is 21.6. The number of amides is 1. The van der Waals surface area contributed by atoms with Crippen LogP contribution >= 0.6 is 11.8 Å². The molecule has 29 heavy (non-hydrogen) atoms. The Bertz CT molecular complexity index is 943. The SMILES string of the molecule is COCCNC(=O)[C@H](C)Sc1nc2cc(C(=O)OC)ccc2c(=O)n1C[C@H](C)O. The number of nitrogens with one attached hydrogen (secondary N) is 1. The second kappa shape index (κ2) is 10.4. The molecule has 0 spiro atoms. The van der Waals surface area contributed by atoms with Crippen molar-refractivity contribution in [3.63, 3.8) is 0 Å². The number of fused-ring (bicyclic) bond motifs is 1. The van der Waals surface area contributed by atoms with Gasteiger partial charge in [0.2, 0.25) is 5.91 Å². The Morgan fingerprint density at radius 3 is 2.66 bits per heavy atom. The van der Waals surface area contributed by atoms with Gasteiger partial charge < -0.3 is 19.9 Å². The third kappa shape index (κ3) is 5.78. The van der Waals surface area contributed by atoms with Crippen LogP contribution in [0.1, 0.15) is 24.2 Å². The first-order valence-electron chi connectivity index (χ1n) is 9.02. The zero-order valence-corrected chi connectivity index (χ0v) is 17.6. The molecule has 10 heteroatoms. The summed E-state index contributed by atoms with van der Waals surface area (Å²) >= 11 is 1.10. The Hall–Kier alpha value is -2.43. The smallest absolute Gasteiger partial charge is 0.337 e. The minimum Gasteiger partial charge on any atom is -0.465 e. The summed E-state index contributed by atoms with van der Waals surface area (Å²) in [5.74, 6) is -0.768. The van der Waals surface area contributed by atoms with E-state index in [-0.39, 0.29) is 28.7 Å². The molecule has 2 N–H and O–H groups in total. The van der Waals surface area contributed by atoms with Crippen molar-refractivity contribution >= 4 is 34.5 Å². The number of rotatable bonds is 9. The molecule has 0 unspecified atom stereocenters. The molecule has 2 rings (SSSR count). The molecule has 9 nitrogen and oxygen atoms in total. The van der Waals surface area contributed by atoms with Crippen molar-refractivity contribution in [2.24, 2.45) is 0 Å². The highest BCUT2D eigenvalue weighted by Gasteiger charge is 2.20. The van der Waals surface area contributed by atoms with Gasteiger partial charge in [-0.05, 0) is 32.0 Å². The van der Waals surface area contributed by atoms with Gasteiger partial charge in [0.25, 0.3) is 5.56 Å². The summed E-state index contributed by atoms with van der Waals surface area (Å²) < 4.78 is 11.0. The number of carbonyl (C=O) groups excluding carboxylic acids is 2. The highest BCUT2D eigenvalue weighted by atomic mass is 32.2. The van der Waals surface area contributed by atoms with Crippen molar-refractivity contribution in [2.45, 2.75) is 36.9 Å². The van der Waals surface area contributed by atoms with Crippen molar-refractivity contribution in [2.75, 3.05) is 27.4 Å². The van der Waals surface area contributed by atoms with E-state index in [0.717, 1.165) is 11.8 Å². The number of esters is 1. The van der Waals surface area contributed by atoms with Crippen LogP contribution in [0.15, 0.2) is 28.2 Å². The van der Waals surface area contributed by atoms with Gasteiger partial charge in [-0.15, -0.1) is 0 Å². The van der Waals surface area contributed by atoms with Crippen LogP contribution in [-0.4, -0.2) is 65.3 Å². The van der Waals surface area contributed by atoms with Gasteiger partial charge in [0.05, 0.1) is 48.1 Å². The van der Waals surface area contributed by atoms with E-state index in [4.69, 9.17) is 9.47 Å². The zero-order valence-electron chi connectivity index (χ0n) is 16.8. The number of aliphatic hydroxyl groups excluding tert-OH is 1. The molecular weight excluding hydrogens is 398 g/mol. The van der Waals surface area contributed by atoms with Crippen LogP contribution in [0, 0.1) is 0 Å². The molecule has 1 aromatic heterocycles. The number of carbonyl (C=O) groups is 2. The quantitative estimate of drug-likeness (QED) is 0.263. The molecule has 1 aromatic carbocycles. The summed E-state index contributed by atoms with van der Waals surface area (Å²) in [5, 5.41) is 12.6. The third-order valence-electron chi connectivity index (χ3n) is 4.05. The van der Waals surface area contributed by atoms with Crippen LogP contribution in [0.3, 0.4) is 0 Å². The first-order valence-corrected chi connectivity index (χ1v) is 9.90. The average molecular weight is 423 g/mol. The van der Waals surface area contributed by atoms with E-state index in [2.05, 4.69) is 10.3 Å². The number of ether oxygens (including phenoxy) is 2. The van der Waals surface area contributed by atoms with E-state index in [1.165, 1.54) is 29.9 Å². The van der Waals surface area contributed by atoms with Crippen molar-refractivity contribution in [3.8, 4) is 0 Å². The molecule has 2 atom stereocenters. The number of benzene rings is 1. The van der Waals surface area contributed by atoms with Crippen molar-refractivity contribution in [1.82, 2.24) is 14.9 Å². The van der Waals surface area contributed by atoms with E-state index >= 15 is 0 Å². The van der Waals surface area contributed by atoms with E-state index in [1.54, 1.807) is 21.0 Å². The predicted molar refractivity (Wildman–Crippen MR) is 109 cm³/mol. The highest BCUT2D eigenvalue weighted by Crippen LogP contribution is 2.23. The molecule has 2 aromatic rings. The van der Waals surface area contributed by atoms with Gasteiger partial charge in [0, 0.05) is 13.7 Å². The average Bonchev–Trinajstić information content (AvgIpc) is 2.69. The molecule has 0 aliphatic heterocycles. The fourth-order valence-electron chi connectivity index (χ4n) is 2.59. The molecule has 158 valence electrons. The molecule has 0 fully saturated rings. The predicted octanol–water partition coefficient (Wildman–Crippen LogP) is 0.807. The summed E-state index contributed by atoms with van der Waals surface area (Å²) in [4.78, 5) is 41.5. The topological polar surface area (TPSA) is 120 Å². The maximum atomic E-state index is 13.0. The number of aliphatic hydroxyl groups is 1.